The normalized spacial score (nSPS) is 11.8. The molecule has 0 saturated carbocycles. The van der Waals surface area contributed by atoms with Crippen molar-refractivity contribution in [2.24, 2.45) is 0 Å². The van der Waals surface area contributed by atoms with E-state index in [1.54, 1.807) is 0 Å². The topological polar surface area (TPSA) is 169 Å². The van der Waals surface area contributed by atoms with Crippen molar-refractivity contribution in [3.63, 3.8) is 0 Å². The van der Waals surface area contributed by atoms with Crippen molar-refractivity contribution in [1.29, 1.82) is 0 Å². The second-order valence-electron chi connectivity index (χ2n) is 4.19. The standard InChI is InChI=1S/C10H8O9S3.3Na/c11-20(12,13)7-1-2-9-6(3-7)4-8(21(14,15)16)5-10(9)22(17,18)19;;;/h1-5H,(H,11,12,13)(H,14,15,16)(H,17,18,19);;;/q;3*+1/p-2. The van der Waals surface area contributed by atoms with E-state index in [-0.39, 0.29) is 99.4 Å². The van der Waals surface area contributed by atoms with Crippen LogP contribution >= 0.6 is 0 Å². The molecule has 0 aliphatic rings. The second kappa shape index (κ2) is 9.76. The van der Waals surface area contributed by atoms with Crippen LogP contribution in [0.1, 0.15) is 0 Å². The third-order valence-corrected chi connectivity index (χ3v) is 5.25. The summed E-state index contributed by atoms with van der Waals surface area (Å²) < 4.78 is 97.6. The summed E-state index contributed by atoms with van der Waals surface area (Å²) in [7, 11) is -14.9. The Labute approximate surface area is 210 Å². The number of hydrogen-bond donors (Lipinski definition) is 1. The van der Waals surface area contributed by atoms with Crippen molar-refractivity contribution in [3.8, 4) is 0 Å². The molecule has 0 atom stereocenters. The molecule has 0 spiro atoms. The molecule has 0 aliphatic heterocycles. The van der Waals surface area contributed by atoms with Gasteiger partial charge in [0.15, 0.2) is 0 Å². The molecule has 120 valence electrons. The van der Waals surface area contributed by atoms with Gasteiger partial charge in [-0.15, -0.1) is 0 Å². The molecule has 9 nitrogen and oxygen atoms in total. The van der Waals surface area contributed by atoms with Gasteiger partial charge in [0.25, 0.3) is 10.1 Å². The van der Waals surface area contributed by atoms with E-state index >= 15 is 0 Å². The minimum absolute atomic E-state index is 0. The van der Waals surface area contributed by atoms with Crippen LogP contribution in [0, 0.1) is 0 Å². The molecule has 0 heterocycles. The van der Waals surface area contributed by atoms with E-state index in [0.717, 1.165) is 12.1 Å². The zero-order chi connectivity index (χ0) is 16.9. The maximum absolute atomic E-state index is 11.3. The minimum Gasteiger partial charge on any atom is -0.744 e. The van der Waals surface area contributed by atoms with E-state index in [2.05, 4.69) is 0 Å². The quantitative estimate of drug-likeness (QED) is 0.363. The van der Waals surface area contributed by atoms with E-state index in [1.807, 2.05) is 0 Å². The largest absolute Gasteiger partial charge is 1.00 e. The van der Waals surface area contributed by atoms with Crippen LogP contribution in [0.2, 0.25) is 0 Å². The van der Waals surface area contributed by atoms with Crippen LogP contribution in [0.25, 0.3) is 10.8 Å². The van der Waals surface area contributed by atoms with Crippen molar-refractivity contribution < 1.29 is 128 Å². The fourth-order valence-corrected chi connectivity index (χ4v) is 3.65. The van der Waals surface area contributed by atoms with Crippen molar-refractivity contribution in [2.45, 2.75) is 14.7 Å². The molecule has 0 unspecified atom stereocenters. The fourth-order valence-electron chi connectivity index (χ4n) is 1.80. The van der Waals surface area contributed by atoms with Crippen molar-refractivity contribution in [1.82, 2.24) is 0 Å². The van der Waals surface area contributed by atoms with Crippen molar-refractivity contribution in [2.75, 3.05) is 0 Å². The van der Waals surface area contributed by atoms with Crippen LogP contribution in [-0.4, -0.2) is 38.9 Å². The smallest absolute Gasteiger partial charge is 0.744 e. The van der Waals surface area contributed by atoms with E-state index in [0.29, 0.717) is 18.2 Å². The van der Waals surface area contributed by atoms with Crippen LogP contribution in [0.3, 0.4) is 0 Å². The number of benzene rings is 2. The monoisotopic (exact) mass is 435 g/mol. The summed E-state index contributed by atoms with van der Waals surface area (Å²) in [4.78, 5) is -2.64. The van der Waals surface area contributed by atoms with E-state index in [1.165, 1.54) is 0 Å². The van der Waals surface area contributed by atoms with Gasteiger partial charge >= 0.3 is 88.7 Å². The van der Waals surface area contributed by atoms with Gasteiger partial charge in [0.05, 0.1) is 9.79 Å². The molecule has 15 heteroatoms. The Kier molecular flexibility index (Phi) is 11.2. The minimum atomic E-state index is -5.08. The zero-order valence-corrected chi connectivity index (χ0v) is 21.8. The first-order chi connectivity index (χ1) is 9.80. The van der Waals surface area contributed by atoms with Gasteiger partial charge in [0, 0.05) is 5.39 Å². The Balaban J connectivity index is 0. The predicted octanol–water partition coefficient (Wildman–Crippen LogP) is -9.09. The van der Waals surface area contributed by atoms with Crippen LogP contribution in [-0.2, 0) is 30.4 Å². The third-order valence-electron chi connectivity index (χ3n) is 2.71. The van der Waals surface area contributed by atoms with Gasteiger partial charge in [-0.25, -0.2) is 16.8 Å². The SMILES string of the molecule is O=S(=O)([O-])c1ccc2c(S(=O)(=O)O)cc(S(=O)(=O)[O-])cc2c1.[Na+].[Na+].[Na+]. The van der Waals surface area contributed by atoms with Crippen molar-refractivity contribution >= 4 is 41.1 Å². The first-order valence-electron chi connectivity index (χ1n) is 5.27. The molecule has 25 heavy (non-hydrogen) atoms. The van der Waals surface area contributed by atoms with Gasteiger partial charge in [-0.05, 0) is 29.7 Å². The Morgan fingerprint density at radius 1 is 0.720 bits per heavy atom. The van der Waals surface area contributed by atoms with Gasteiger partial charge < -0.3 is 9.11 Å². The van der Waals surface area contributed by atoms with E-state index < -0.39 is 45.0 Å². The summed E-state index contributed by atoms with van der Waals surface area (Å²) in [6.07, 6.45) is 0. The maximum atomic E-state index is 11.3. The summed E-state index contributed by atoms with van der Waals surface area (Å²) in [5.74, 6) is 0. The summed E-state index contributed by atoms with van der Waals surface area (Å²) >= 11 is 0. The molecule has 0 radical (unpaired) electrons. The average molecular weight is 435 g/mol. The molecule has 1 N–H and O–H groups in total. The summed E-state index contributed by atoms with van der Waals surface area (Å²) in [5.41, 5.74) is 0. The number of hydrogen-bond acceptors (Lipinski definition) is 8. The van der Waals surface area contributed by atoms with Gasteiger partial charge in [-0.3, -0.25) is 4.55 Å². The number of rotatable bonds is 3. The molecule has 2 aromatic rings. The third kappa shape index (κ3) is 7.07. The maximum Gasteiger partial charge on any atom is 1.00 e. The van der Waals surface area contributed by atoms with Crippen LogP contribution in [0.5, 0.6) is 0 Å². The van der Waals surface area contributed by atoms with Crippen LogP contribution in [0.4, 0.5) is 0 Å². The Morgan fingerprint density at radius 3 is 1.56 bits per heavy atom. The average Bonchev–Trinajstić information content (AvgIpc) is 2.33. The van der Waals surface area contributed by atoms with Crippen LogP contribution < -0.4 is 88.7 Å². The molecular formula is C10H6Na3O9S3+. The fraction of sp³-hybridized carbons (Fsp3) is 0. The molecular weight excluding hydrogens is 429 g/mol. The Morgan fingerprint density at radius 2 is 1.16 bits per heavy atom. The molecule has 2 rings (SSSR count). The van der Waals surface area contributed by atoms with Gasteiger partial charge in [0.2, 0.25) is 0 Å². The van der Waals surface area contributed by atoms with Gasteiger partial charge in [-0.1, -0.05) is 6.07 Å². The first-order valence-corrected chi connectivity index (χ1v) is 9.53. The molecule has 0 aliphatic carbocycles. The van der Waals surface area contributed by atoms with Gasteiger partial charge in [0.1, 0.15) is 25.1 Å². The summed E-state index contributed by atoms with van der Waals surface area (Å²) in [6.45, 7) is 0. The Bertz CT molecular complexity index is 1090. The van der Waals surface area contributed by atoms with Gasteiger partial charge in [-0.2, -0.15) is 8.42 Å². The van der Waals surface area contributed by atoms with E-state index in [4.69, 9.17) is 4.55 Å². The van der Waals surface area contributed by atoms with E-state index in [9.17, 15) is 34.4 Å². The Hall–Kier alpha value is 1.43. The second-order valence-corrected chi connectivity index (χ2v) is 8.34. The molecule has 2 aromatic carbocycles. The van der Waals surface area contributed by atoms with Crippen LogP contribution in [0.15, 0.2) is 45.0 Å². The van der Waals surface area contributed by atoms with Crippen molar-refractivity contribution in [3.05, 3.63) is 30.3 Å². The predicted molar refractivity (Wildman–Crippen MR) is 69.7 cm³/mol. The molecule has 0 bridgehead atoms. The molecule has 0 amide bonds. The molecule has 0 aromatic heterocycles. The summed E-state index contributed by atoms with van der Waals surface area (Å²) in [5, 5.41) is -0.566. The molecule has 0 saturated heterocycles. The number of fused-ring (bicyclic) bond motifs is 1. The molecule has 0 fully saturated rings. The summed E-state index contributed by atoms with van der Waals surface area (Å²) in [6, 6.07) is 3.57. The zero-order valence-electron chi connectivity index (χ0n) is 13.3. The first kappa shape index (κ1) is 28.6.